The number of amides is 1. The Morgan fingerprint density at radius 1 is 1.53 bits per heavy atom. The standard InChI is InChI=1S/C13H15ClN4O/c1-8-11(7-16-18(8)2)12(13(15)19)17-10-5-3-4-9(14)6-10/h3-7,12,17H,1-2H3,(H2,15,19). The third kappa shape index (κ3) is 2.88. The summed E-state index contributed by atoms with van der Waals surface area (Å²) in [6.45, 7) is 1.89. The van der Waals surface area contributed by atoms with Gasteiger partial charge in [0.15, 0.2) is 0 Å². The predicted molar refractivity (Wildman–Crippen MR) is 75.0 cm³/mol. The number of benzene rings is 1. The van der Waals surface area contributed by atoms with E-state index in [-0.39, 0.29) is 0 Å². The third-order valence-corrected chi connectivity index (χ3v) is 3.24. The van der Waals surface area contributed by atoms with Gasteiger partial charge in [-0.25, -0.2) is 0 Å². The lowest BCUT2D eigenvalue weighted by atomic mass is 10.1. The molecule has 1 aromatic carbocycles. The Hall–Kier alpha value is -2.01. The van der Waals surface area contributed by atoms with Crippen LogP contribution in [0.2, 0.25) is 5.02 Å². The van der Waals surface area contributed by atoms with Crippen LogP contribution in [0.1, 0.15) is 17.3 Å². The van der Waals surface area contributed by atoms with Gasteiger partial charge in [0.25, 0.3) is 0 Å². The highest BCUT2D eigenvalue weighted by Crippen LogP contribution is 2.23. The molecule has 100 valence electrons. The molecular formula is C13H15ClN4O. The molecule has 0 aliphatic rings. The summed E-state index contributed by atoms with van der Waals surface area (Å²) in [6.07, 6.45) is 1.64. The fourth-order valence-electron chi connectivity index (χ4n) is 1.85. The molecule has 1 heterocycles. The van der Waals surface area contributed by atoms with Crippen molar-refractivity contribution in [1.29, 1.82) is 0 Å². The van der Waals surface area contributed by atoms with Crippen molar-refractivity contribution in [3.8, 4) is 0 Å². The van der Waals surface area contributed by atoms with Gasteiger partial charge in [0.2, 0.25) is 5.91 Å². The maximum atomic E-state index is 11.6. The second kappa shape index (κ2) is 5.32. The van der Waals surface area contributed by atoms with Crippen molar-refractivity contribution in [3.63, 3.8) is 0 Å². The topological polar surface area (TPSA) is 72.9 Å². The highest BCUT2D eigenvalue weighted by molar-refractivity contribution is 6.30. The molecule has 0 saturated carbocycles. The molecule has 1 amide bonds. The molecule has 0 saturated heterocycles. The average molecular weight is 279 g/mol. The first-order valence-corrected chi connectivity index (χ1v) is 6.16. The number of aryl methyl sites for hydroxylation is 1. The maximum absolute atomic E-state index is 11.6. The van der Waals surface area contributed by atoms with Gasteiger partial charge in [-0.2, -0.15) is 5.10 Å². The van der Waals surface area contributed by atoms with Crippen molar-refractivity contribution in [1.82, 2.24) is 9.78 Å². The Morgan fingerprint density at radius 2 is 2.26 bits per heavy atom. The van der Waals surface area contributed by atoms with Crippen molar-refractivity contribution >= 4 is 23.2 Å². The van der Waals surface area contributed by atoms with Crippen molar-refractivity contribution in [2.24, 2.45) is 12.8 Å². The van der Waals surface area contributed by atoms with Crippen LogP contribution in [0, 0.1) is 6.92 Å². The Labute approximate surface area is 116 Å². The second-order valence-corrected chi connectivity index (χ2v) is 4.74. The molecule has 6 heteroatoms. The Kier molecular flexibility index (Phi) is 3.76. The number of carbonyl (C=O) groups excluding carboxylic acids is 1. The molecule has 0 aliphatic heterocycles. The second-order valence-electron chi connectivity index (χ2n) is 4.30. The largest absolute Gasteiger partial charge is 0.370 e. The van der Waals surface area contributed by atoms with Gasteiger partial charge in [-0.05, 0) is 25.1 Å². The Balaban J connectivity index is 2.32. The minimum Gasteiger partial charge on any atom is -0.370 e. The van der Waals surface area contributed by atoms with Gasteiger partial charge in [-0.3, -0.25) is 9.48 Å². The van der Waals surface area contributed by atoms with E-state index >= 15 is 0 Å². The molecular weight excluding hydrogens is 264 g/mol. The zero-order valence-corrected chi connectivity index (χ0v) is 11.5. The van der Waals surface area contributed by atoms with E-state index in [1.165, 1.54) is 0 Å². The van der Waals surface area contributed by atoms with E-state index in [0.29, 0.717) is 5.02 Å². The minimum atomic E-state index is -0.632. The first-order valence-electron chi connectivity index (χ1n) is 5.79. The number of rotatable bonds is 4. The van der Waals surface area contributed by atoms with Gasteiger partial charge >= 0.3 is 0 Å². The highest BCUT2D eigenvalue weighted by Gasteiger charge is 2.22. The summed E-state index contributed by atoms with van der Waals surface area (Å²) in [7, 11) is 1.82. The Bertz CT molecular complexity index is 608. The third-order valence-electron chi connectivity index (χ3n) is 3.00. The van der Waals surface area contributed by atoms with Crippen LogP contribution < -0.4 is 11.1 Å². The molecule has 0 bridgehead atoms. The van der Waals surface area contributed by atoms with Crippen LogP contribution in [0.25, 0.3) is 0 Å². The van der Waals surface area contributed by atoms with Crippen LogP contribution in [0.4, 0.5) is 5.69 Å². The lowest BCUT2D eigenvalue weighted by Crippen LogP contribution is -2.28. The lowest BCUT2D eigenvalue weighted by molar-refractivity contribution is -0.118. The smallest absolute Gasteiger partial charge is 0.244 e. The van der Waals surface area contributed by atoms with Crippen molar-refractivity contribution in [3.05, 3.63) is 46.7 Å². The first-order chi connectivity index (χ1) is 8.99. The van der Waals surface area contributed by atoms with Crippen LogP contribution in [-0.2, 0) is 11.8 Å². The lowest BCUT2D eigenvalue weighted by Gasteiger charge is -2.16. The summed E-state index contributed by atoms with van der Waals surface area (Å²) in [4.78, 5) is 11.6. The normalized spacial score (nSPS) is 12.2. The van der Waals surface area contributed by atoms with Crippen molar-refractivity contribution < 1.29 is 4.79 Å². The zero-order valence-electron chi connectivity index (χ0n) is 10.7. The van der Waals surface area contributed by atoms with E-state index in [9.17, 15) is 4.79 Å². The van der Waals surface area contributed by atoms with E-state index in [2.05, 4.69) is 10.4 Å². The van der Waals surface area contributed by atoms with Gasteiger partial charge in [-0.15, -0.1) is 0 Å². The quantitative estimate of drug-likeness (QED) is 0.899. The molecule has 0 aliphatic carbocycles. The highest BCUT2D eigenvalue weighted by atomic mass is 35.5. The number of halogens is 1. The molecule has 1 unspecified atom stereocenters. The average Bonchev–Trinajstić information content (AvgIpc) is 2.67. The van der Waals surface area contributed by atoms with Crippen molar-refractivity contribution in [2.45, 2.75) is 13.0 Å². The molecule has 1 aromatic heterocycles. The summed E-state index contributed by atoms with van der Waals surface area (Å²) in [5.41, 5.74) is 7.84. The summed E-state index contributed by atoms with van der Waals surface area (Å²) in [6, 6.07) is 6.50. The molecule has 0 radical (unpaired) electrons. The number of nitrogens with two attached hydrogens (primary N) is 1. The monoisotopic (exact) mass is 278 g/mol. The van der Waals surface area contributed by atoms with Gasteiger partial charge in [0.1, 0.15) is 6.04 Å². The molecule has 2 rings (SSSR count). The summed E-state index contributed by atoms with van der Waals surface area (Å²) in [5.74, 6) is -0.462. The number of primary amides is 1. The van der Waals surface area contributed by atoms with Crippen LogP contribution in [-0.4, -0.2) is 15.7 Å². The summed E-state index contributed by atoms with van der Waals surface area (Å²) in [5, 5.41) is 7.79. The number of carbonyl (C=O) groups is 1. The fourth-order valence-corrected chi connectivity index (χ4v) is 2.04. The maximum Gasteiger partial charge on any atom is 0.244 e. The van der Waals surface area contributed by atoms with Gasteiger partial charge < -0.3 is 11.1 Å². The van der Waals surface area contributed by atoms with Gasteiger partial charge in [-0.1, -0.05) is 17.7 Å². The molecule has 0 fully saturated rings. The van der Waals surface area contributed by atoms with E-state index in [0.717, 1.165) is 16.9 Å². The van der Waals surface area contributed by atoms with Gasteiger partial charge in [0.05, 0.1) is 6.20 Å². The minimum absolute atomic E-state index is 0.462. The number of anilines is 1. The first kappa shape index (κ1) is 13.4. The van der Waals surface area contributed by atoms with Crippen LogP contribution in [0.15, 0.2) is 30.5 Å². The molecule has 2 aromatic rings. The van der Waals surface area contributed by atoms with Gasteiger partial charge in [0, 0.05) is 29.0 Å². The van der Waals surface area contributed by atoms with E-state index < -0.39 is 11.9 Å². The SMILES string of the molecule is Cc1c(C(Nc2cccc(Cl)c2)C(N)=O)cnn1C. The van der Waals surface area contributed by atoms with Crippen LogP contribution in [0.3, 0.4) is 0 Å². The molecule has 19 heavy (non-hydrogen) atoms. The summed E-state index contributed by atoms with van der Waals surface area (Å²) >= 11 is 5.92. The predicted octanol–water partition coefficient (Wildman–Crippen LogP) is 2.02. The number of hydrogen-bond donors (Lipinski definition) is 2. The van der Waals surface area contributed by atoms with E-state index in [1.807, 2.05) is 20.0 Å². The van der Waals surface area contributed by atoms with E-state index in [4.69, 9.17) is 17.3 Å². The number of hydrogen-bond acceptors (Lipinski definition) is 3. The van der Waals surface area contributed by atoms with Crippen LogP contribution in [0.5, 0.6) is 0 Å². The van der Waals surface area contributed by atoms with Crippen LogP contribution >= 0.6 is 11.6 Å². The fraction of sp³-hybridized carbons (Fsp3) is 0.231. The number of aromatic nitrogens is 2. The molecule has 3 N–H and O–H groups in total. The number of nitrogens with one attached hydrogen (secondary N) is 1. The Morgan fingerprint density at radius 3 is 2.79 bits per heavy atom. The molecule has 0 spiro atoms. The number of nitrogens with zero attached hydrogens (tertiary/aromatic N) is 2. The molecule has 5 nitrogen and oxygen atoms in total. The molecule has 1 atom stereocenters. The summed E-state index contributed by atoms with van der Waals surface area (Å²) < 4.78 is 1.70. The van der Waals surface area contributed by atoms with E-state index in [1.54, 1.807) is 29.1 Å². The van der Waals surface area contributed by atoms with Crippen molar-refractivity contribution in [2.75, 3.05) is 5.32 Å². The zero-order chi connectivity index (χ0) is 14.0.